The number of anilines is 1. The minimum absolute atomic E-state index is 0.106. The third kappa shape index (κ3) is 4.74. The number of benzene rings is 2. The summed E-state index contributed by atoms with van der Waals surface area (Å²) in [6.07, 6.45) is 1.72. The number of aryl methyl sites for hydroxylation is 1. The molecular formula is C28H32F2N4O. The number of aromatic nitrogens is 2. The lowest BCUT2D eigenvalue weighted by Gasteiger charge is -2.58. The summed E-state index contributed by atoms with van der Waals surface area (Å²) in [5, 5.41) is 0. The van der Waals surface area contributed by atoms with E-state index in [1.54, 1.807) is 6.20 Å². The number of hydrogen-bond donors (Lipinski definition) is 0. The quantitative estimate of drug-likeness (QED) is 0.466. The van der Waals surface area contributed by atoms with Crippen LogP contribution in [0.1, 0.15) is 43.2 Å². The van der Waals surface area contributed by atoms with E-state index in [-0.39, 0.29) is 24.0 Å². The molecule has 0 saturated carbocycles. The van der Waals surface area contributed by atoms with E-state index < -0.39 is 5.92 Å². The first-order valence-corrected chi connectivity index (χ1v) is 12.0. The van der Waals surface area contributed by atoms with Crippen molar-refractivity contribution in [2.24, 2.45) is 0 Å². The standard InChI is InChI=1S/C28H32F2N4O/c1-20-5-7-21(8-6-20)26(2,3)22-9-11-24(12-10-22)35-15-23-13-14-31-25(32-23)33-16-27(4,17-33)34-18-28(29,30)19-34/h5-14H,15-19H2,1-4H3. The summed E-state index contributed by atoms with van der Waals surface area (Å²) < 4.78 is 32.5. The lowest BCUT2D eigenvalue weighted by atomic mass is 9.78. The van der Waals surface area contributed by atoms with E-state index in [9.17, 15) is 8.78 Å². The zero-order valence-corrected chi connectivity index (χ0v) is 20.8. The second-order valence-electron chi connectivity index (χ2n) is 10.7. The summed E-state index contributed by atoms with van der Waals surface area (Å²) in [5.74, 6) is -1.15. The molecule has 0 radical (unpaired) electrons. The number of hydrogen-bond acceptors (Lipinski definition) is 5. The van der Waals surface area contributed by atoms with Crippen LogP contribution in [-0.2, 0) is 12.0 Å². The summed E-state index contributed by atoms with van der Waals surface area (Å²) >= 11 is 0. The third-order valence-corrected chi connectivity index (χ3v) is 7.39. The van der Waals surface area contributed by atoms with Gasteiger partial charge in [0.05, 0.1) is 24.3 Å². The Morgan fingerprint density at radius 1 is 0.914 bits per heavy atom. The van der Waals surface area contributed by atoms with Crippen LogP contribution in [-0.4, -0.2) is 52.5 Å². The monoisotopic (exact) mass is 478 g/mol. The molecule has 5 nitrogen and oxygen atoms in total. The molecule has 3 heterocycles. The second kappa shape index (κ2) is 8.55. The molecule has 7 heteroatoms. The van der Waals surface area contributed by atoms with Gasteiger partial charge in [-0.25, -0.2) is 18.7 Å². The first-order valence-electron chi connectivity index (χ1n) is 12.0. The number of nitrogens with zero attached hydrogens (tertiary/aromatic N) is 4. The Labute approximate surface area is 205 Å². The Morgan fingerprint density at radius 3 is 2.11 bits per heavy atom. The predicted molar refractivity (Wildman–Crippen MR) is 133 cm³/mol. The maximum atomic E-state index is 13.3. The van der Waals surface area contributed by atoms with Crippen LogP contribution < -0.4 is 9.64 Å². The fourth-order valence-corrected chi connectivity index (χ4v) is 4.89. The molecule has 2 aromatic carbocycles. The molecule has 184 valence electrons. The van der Waals surface area contributed by atoms with Crippen molar-refractivity contribution in [1.29, 1.82) is 0 Å². The van der Waals surface area contributed by atoms with Crippen molar-refractivity contribution in [3.63, 3.8) is 0 Å². The van der Waals surface area contributed by atoms with Crippen LogP contribution in [0.5, 0.6) is 5.75 Å². The molecule has 5 rings (SSSR count). The minimum atomic E-state index is -2.55. The van der Waals surface area contributed by atoms with Gasteiger partial charge in [0.25, 0.3) is 5.92 Å². The van der Waals surface area contributed by atoms with Gasteiger partial charge in [0.1, 0.15) is 12.4 Å². The SMILES string of the molecule is Cc1ccc(C(C)(C)c2ccc(OCc3ccnc(N4CC(C)(N5CC(F)(F)C5)C4)n3)cc2)cc1. The molecule has 0 aliphatic carbocycles. The Bertz CT molecular complexity index is 1180. The van der Waals surface area contributed by atoms with E-state index in [4.69, 9.17) is 4.74 Å². The fourth-order valence-electron chi connectivity index (χ4n) is 4.89. The Kier molecular flexibility index (Phi) is 5.79. The molecule has 0 spiro atoms. The molecule has 0 amide bonds. The third-order valence-electron chi connectivity index (χ3n) is 7.39. The van der Waals surface area contributed by atoms with Crippen LogP contribution in [0.2, 0.25) is 0 Å². The largest absolute Gasteiger partial charge is 0.487 e. The van der Waals surface area contributed by atoms with Crippen molar-refractivity contribution in [2.45, 2.75) is 51.2 Å². The van der Waals surface area contributed by atoms with Crippen LogP contribution in [0.25, 0.3) is 0 Å². The molecule has 35 heavy (non-hydrogen) atoms. The van der Waals surface area contributed by atoms with E-state index in [2.05, 4.69) is 67.1 Å². The second-order valence-corrected chi connectivity index (χ2v) is 10.7. The van der Waals surface area contributed by atoms with Crippen LogP contribution >= 0.6 is 0 Å². The van der Waals surface area contributed by atoms with Gasteiger partial charge >= 0.3 is 0 Å². The minimum Gasteiger partial charge on any atom is -0.487 e. The van der Waals surface area contributed by atoms with Gasteiger partial charge in [-0.05, 0) is 43.2 Å². The topological polar surface area (TPSA) is 41.5 Å². The molecular weight excluding hydrogens is 446 g/mol. The first-order chi connectivity index (χ1) is 16.5. The highest BCUT2D eigenvalue weighted by atomic mass is 19.3. The molecule has 2 fully saturated rings. The van der Waals surface area contributed by atoms with Crippen molar-refractivity contribution < 1.29 is 13.5 Å². The highest BCUT2D eigenvalue weighted by molar-refractivity contribution is 5.41. The lowest BCUT2D eigenvalue weighted by Crippen LogP contribution is -2.76. The molecule has 0 bridgehead atoms. The first kappa shape index (κ1) is 23.7. The van der Waals surface area contributed by atoms with E-state index >= 15 is 0 Å². The van der Waals surface area contributed by atoms with Crippen molar-refractivity contribution in [1.82, 2.24) is 14.9 Å². The van der Waals surface area contributed by atoms with Gasteiger partial charge in [-0.15, -0.1) is 0 Å². The molecule has 0 unspecified atom stereocenters. The van der Waals surface area contributed by atoms with Gasteiger partial charge in [-0.3, -0.25) is 4.90 Å². The van der Waals surface area contributed by atoms with Gasteiger partial charge in [0.2, 0.25) is 5.95 Å². The Hall–Kier alpha value is -3.06. The number of halogens is 2. The Balaban J connectivity index is 1.18. The van der Waals surface area contributed by atoms with Crippen molar-refractivity contribution in [3.05, 3.63) is 83.2 Å². The van der Waals surface area contributed by atoms with Crippen LogP contribution in [0.4, 0.5) is 14.7 Å². The summed E-state index contributed by atoms with van der Waals surface area (Å²) in [4.78, 5) is 12.9. The number of rotatable bonds is 7. The van der Waals surface area contributed by atoms with E-state index in [0.717, 1.165) is 11.4 Å². The fraction of sp³-hybridized carbons (Fsp3) is 0.429. The van der Waals surface area contributed by atoms with E-state index in [0.29, 0.717) is 25.6 Å². The molecule has 0 atom stereocenters. The zero-order valence-electron chi connectivity index (χ0n) is 20.8. The lowest BCUT2D eigenvalue weighted by molar-refractivity contribution is -0.171. The van der Waals surface area contributed by atoms with Crippen molar-refractivity contribution >= 4 is 5.95 Å². The smallest absolute Gasteiger partial charge is 0.272 e. The number of likely N-dealkylation sites (tertiary alicyclic amines) is 1. The normalized spacial score (nSPS) is 19.1. The summed E-state index contributed by atoms with van der Waals surface area (Å²) in [6.45, 7) is 9.88. The average Bonchev–Trinajstić information content (AvgIpc) is 2.80. The van der Waals surface area contributed by atoms with Crippen LogP contribution in [0, 0.1) is 6.92 Å². The van der Waals surface area contributed by atoms with Crippen LogP contribution in [0.3, 0.4) is 0 Å². The molecule has 2 saturated heterocycles. The van der Waals surface area contributed by atoms with Crippen molar-refractivity contribution in [3.8, 4) is 5.75 Å². The molecule has 3 aromatic rings. The highest BCUT2D eigenvalue weighted by Crippen LogP contribution is 2.39. The summed E-state index contributed by atoms with van der Waals surface area (Å²) in [7, 11) is 0. The van der Waals surface area contributed by atoms with Gasteiger partial charge < -0.3 is 9.64 Å². The summed E-state index contributed by atoms with van der Waals surface area (Å²) in [5.41, 5.74) is 4.18. The van der Waals surface area contributed by atoms with Gasteiger partial charge in [-0.2, -0.15) is 0 Å². The van der Waals surface area contributed by atoms with E-state index in [1.807, 2.05) is 34.9 Å². The molecule has 2 aliphatic heterocycles. The van der Waals surface area contributed by atoms with Crippen LogP contribution in [0.15, 0.2) is 60.8 Å². The van der Waals surface area contributed by atoms with Gasteiger partial charge in [-0.1, -0.05) is 55.8 Å². The highest BCUT2D eigenvalue weighted by Gasteiger charge is 2.55. The maximum absolute atomic E-state index is 13.3. The summed E-state index contributed by atoms with van der Waals surface area (Å²) in [6, 6.07) is 18.7. The Morgan fingerprint density at radius 2 is 1.51 bits per heavy atom. The zero-order chi connectivity index (χ0) is 24.8. The molecule has 2 aliphatic rings. The predicted octanol–water partition coefficient (Wildman–Crippen LogP) is 5.22. The number of ether oxygens (including phenoxy) is 1. The average molecular weight is 479 g/mol. The van der Waals surface area contributed by atoms with Crippen molar-refractivity contribution in [2.75, 3.05) is 31.1 Å². The molecule has 0 N–H and O–H groups in total. The van der Waals surface area contributed by atoms with Gasteiger partial charge in [0, 0.05) is 24.7 Å². The van der Waals surface area contributed by atoms with Gasteiger partial charge in [0.15, 0.2) is 0 Å². The molecule has 1 aromatic heterocycles. The van der Waals surface area contributed by atoms with E-state index in [1.165, 1.54) is 16.7 Å². The maximum Gasteiger partial charge on any atom is 0.272 e. The number of alkyl halides is 2.